The van der Waals surface area contributed by atoms with Crippen LogP contribution in [0.15, 0.2) is 30.3 Å². The van der Waals surface area contributed by atoms with E-state index in [2.05, 4.69) is 0 Å². The van der Waals surface area contributed by atoms with Crippen LogP contribution in [0.5, 0.6) is 0 Å². The lowest BCUT2D eigenvalue weighted by Crippen LogP contribution is -2.61. The lowest BCUT2D eigenvalue weighted by molar-refractivity contribution is -0.151. The fourth-order valence-electron chi connectivity index (χ4n) is 3.64. The molecule has 1 saturated carbocycles. The molecule has 1 aromatic carbocycles. The summed E-state index contributed by atoms with van der Waals surface area (Å²) < 4.78 is 0. The average molecular weight is 334 g/mol. The second-order valence-electron chi connectivity index (χ2n) is 6.69. The normalized spacial score (nSPS) is 20.3. The van der Waals surface area contributed by atoms with E-state index in [-0.39, 0.29) is 19.4 Å². The first-order valence-corrected chi connectivity index (χ1v) is 8.37. The fraction of sp³-hybridized carbons (Fsp3) is 0.556. The lowest BCUT2D eigenvalue weighted by Gasteiger charge is -2.36. The summed E-state index contributed by atoms with van der Waals surface area (Å²) in [4.78, 5) is 25.1. The van der Waals surface area contributed by atoms with Gasteiger partial charge in [0.15, 0.2) is 11.3 Å². The van der Waals surface area contributed by atoms with Gasteiger partial charge in [-0.3, -0.25) is 4.79 Å². The maximum absolute atomic E-state index is 13.3. The molecule has 132 valence electrons. The number of aliphatic hydroxyl groups excluding tert-OH is 1. The van der Waals surface area contributed by atoms with E-state index in [1.165, 1.54) is 0 Å². The molecule has 2 rings (SSSR count). The molecule has 0 aromatic heterocycles. The molecule has 24 heavy (non-hydrogen) atoms. The SMILES string of the molecule is NCC(O)CC[C@](N)(C(=O)O)C(=O)C1(c2ccccc2)CCCC1. The second kappa shape index (κ2) is 7.42. The Morgan fingerprint density at radius 2 is 1.79 bits per heavy atom. The van der Waals surface area contributed by atoms with E-state index in [0.717, 1.165) is 18.4 Å². The molecule has 0 radical (unpaired) electrons. The topological polar surface area (TPSA) is 127 Å². The van der Waals surface area contributed by atoms with E-state index in [4.69, 9.17) is 11.5 Å². The highest BCUT2D eigenvalue weighted by Gasteiger charge is 2.54. The Balaban J connectivity index is 2.37. The summed E-state index contributed by atoms with van der Waals surface area (Å²) >= 11 is 0. The maximum Gasteiger partial charge on any atom is 0.331 e. The monoisotopic (exact) mass is 334 g/mol. The molecule has 0 saturated heterocycles. The third-order valence-electron chi connectivity index (χ3n) is 5.15. The Kier molecular flexibility index (Phi) is 5.74. The molecule has 6 N–H and O–H groups in total. The van der Waals surface area contributed by atoms with Gasteiger partial charge in [-0.15, -0.1) is 0 Å². The molecule has 1 unspecified atom stereocenters. The largest absolute Gasteiger partial charge is 0.480 e. The summed E-state index contributed by atoms with van der Waals surface area (Å²) in [6.45, 7) is 0.00766. The summed E-state index contributed by atoms with van der Waals surface area (Å²) in [5.41, 5.74) is 9.40. The highest BCUT2D eigenvalue weighted by Crippen LogP contribution is 2.44. The van der Waals surface area contributed by atoms with E-state index in [1.54, 1.807) is 0 Å². The van der Waals surface area contributed by atoms with Crippen molar-refractivity contribution in [1.29, 1.82) is 0 Å². The molecule has 0 amide bonds. The van der Waals surface area contributed by atoms with E-state index < -0.39 is 28.8 Å². The summed E-state index contributed by atoms with van der Waals surface area (Å²) in [5.74, 6) is -1.81. The molecule has 1 aliphatic rings. The van der Waals surface area contributed by atoms with Gasteiger partial charge in [-0.05, 0) is 31.2 Å². The van der Waals surface area contributed by atoms with Crippen LogP contribution in [0.3, 0.4) is 0 Å². The van der Waals surface area contributed by atoms with Crippen molar-refractivity contribution < 1.29 is 19.8 Å². The van der Waals surface area contributed by atoms with Gasteiger partial charge in [0, 0.05) is 6.54 Å². The van der Waals surface area contributed by atoms with Crippen molar-refractivity contribution in [3.8, 4) is 0 Å². The van der Waals surface area contributed by atoms with Crippen molar-refractivity contribution in [2.24, 2.45) is 11.5 Å². The van der Waals surface area contributed by atoms with Gasteiger partial charge in [0.1, 0.15) is 0 Å². The minimum Gasteiger partial charge on any atom is -0.480 e. The van der Waals surface area contributed by atoms with E-state index in [0.29, 0.717) is 12.8 Å². The van der Waals surface area contributed by atoms with Crippen LogP contribution < -0.4 is 11.5 Å². The molecular formula is C18H26N2O4. The van der Waals surface area contributed by atoms with Crippen molar-refractivity contribution in [2.45, 2.75) is 55.6 Å². The quantitative estimate of drug-likeness (QED) is 0.524. The van der Waals surface area contributed by atoms with Crippen molar-refractivity contribution in [3.05, 3.63) is 35.9 Å². The van der Waals surface area contributed by atoms with Crippen LogP contribution in [0.4, 0.5) is 0 Å². The van der Waals surface area contributed by atoms with Crippen LogP contribution in [0.25, 0.3) is 0 Å². The van der Waals surface area contributed by atoms with Gasteiger partial charge < -0.3 is 21.7 Å². The number of carboxylic acid groups (broad SMARTS) is 1. The zero-order chi connectivity index (χ0) is 17.8. The zero-order valence-corrected chi connectivity index (χ0v) is 13.8. The Morgan fingerprint density at radius 1 is 1.21 bits per heavy atom. The molecule has 2 atom stereocenters. The Hall–Kier alpha value is -1.76. The fourth-order valence-corrected chi connectivity index (χ4v) is 3.64. The third-order valence-corrected chi connectivity index (χ3v) is 5.15. The predicted molar refractivity (Wildman–Crippen MR) is 90.4 cm³/mol. The highest BCUT2D eigenvalue weighted by molar-refractivity contribution is 6.12. The van der Waals surface area contributed by atoms with E-state index in [1.807, 2.05) is 30.3 Å². The smallest absolute Gasteiger partial charge is 0.331 e. The van der Waals surface area contributed by atoms with Gasteiger partial charge in [0.2, 0.25) is 0 Å². The molecule has 0 heterocycles. The molecule has 6 nitrogen and oxygen atoms in total. The molecule has 6 heteroatoms. The summed E-state index contributed by atoms with van der Waals surface area (Å²) in [7, 11) is 0. The standard InChI is InChI=1S/C18H26N2O4/c19-12-14(21)8-11-18(20,16(23)24)15(22)17(9-4-5-10-17)13-6-2-1-3-7-13/h1-3,6-7,14,21H,4-5,8-12,19-20H2,(H,23,24)/t14?,18-/m1/s1. The minimum absolute atomic E-state index is 0.00766. The van der Waals surface area contributed by atoms with Crippen molar-refractivity contribution >= 4 is 11.8 Å². The van der Waals surface area contributed by atoms with Gasteiger partial charge in [0.05, 0.1) is 11.5 Å². The number of hydrogen-bond acceptors (Lipinski definition) is 5. The van der Waals surface area contributed by atoms with E-state index in [9.17, 15) is 19.8 Å². The van der Waals surface area contributed by atoms with Crippen molar-refractivity contribution in [1.82, 2.24) is 0 Å². The number of ketones is 1. The number of Topliss-reactive ketones (excluding diaryl/α,β-unsaturated/α-hetero) is 1. The first-order chi connectivity index (χ1) is 11.4. The summed E-state index contributed by atoms with van der Waals surface area (Å²) in [5, 5.41) is 19.3. The van der Waals surface area contributed by atoms with Gasteiger partial charge in [-0.2, -0.15) is 0 Å². The predicted octanol–water partition coefficient (Wildman–Crippen LogP) is 0.949. The van der Waals surface area contributed by atoms with Crippen LogP contribution in [0.1, 0.15) is 44.1 Å². The molecule has 1 fully saturated rings. The number of hydrogen-bond donors (Lipinski definition) is 4. The molecule has 0 bridgehead atoms. The third kappa shape index (κ3) is 3.36. The Bertz CT molecular complexity index is 584. The van der Waals surface area contributed by atoms with Crippen LogP contribution >= 0.6 is 0 Å². The highest BCUT2D eigenvalue weighted by atomic mass is 16.4. The van der Waals surface area contributed by atoms with Crippen molar-refractivity contribution in [2.75, 3.05) is 6.54 Å². The van der Waals surface area contributed by atoms with Gasteiger partial charge >= 0.3 is 5.97 Å². The van der Waals surface area contributed by atoms with Crippen molar-refractivity contribution in [3.63, 3.8) is 0 Å². The Morgan fingerprint density at radius 3 is 2.29 bits per heavy atom. The number of carbonyl (C=O) groups excluding carboxylic acids is 1. The summed E-state index contributed by atoms with van der Waals surface area (Å²) in [6, 6.07) is 9.28. The number of rotatable bonds is 8. The number of carbonyl (C=O) groups is 2. The molecule has 0 spiro atoms. The molecule has 1 aliphatic carbocycles. The van der Waals surface area contributed by atoms with Gasteiger partial charge in [0.25, 0.3) is 0 Å². The maximum atomic E-state index is 13.3. The second-order valence-corrected chi connectivity index (χ2v) is 6.69. The number of aliphatic carboxylic acids is 1. The number of aliphatic hydroxyl groups is 1. The minimum atomic E-state index is -2.02. The molecule has 0 aliphatic heterocycles. The first-order valence-electron chi connectivity index (χ1n) is 8.37. The Labute approximate surface area is 141 Å². The van der Waals surface area contributed by atoms with Crippen LogP contribution in [-0.2, 0) is 15.0 Å². The number of carboxylic acids is 1. The zero-order valence-electron chi connectivity index (χ0n) is 13.8. The van der Waals surface area contributed by atoms with Crippen LogP contribution in [0.2, 0.25) is 0 Å². The van der Waals surface area contributed by atoms with Crippen LogP contribution in [-0.4, -0.2) is 40.2 Å². The van der Waals surface area contributed by atoms with Gasteiger partial charge in [-0.1, -0.05) is 43.2 Å². The first kappa shape index (κ1) is 18.6. The average Bonchev–Trinajstić information content (AvgIpc) is 3.10. The number of nitrogens with two attached hydrogens (primary N) is 2. The lowest BCUT2D eigenvalue weighted by atomic mass is 9.67. The van der Waals surface area contributed by atoms with E-state index >= 15 is 0 Å². The molecule has 1 aromatic rings. The van der Waals surface area contributed by atoms with Crippen LogP contribution in [0, 0.1) is 0 Å². The summed E-state index contributed by atoms with van der Waals surface area (Å²) in [6.07, 6.45) is 2.01. The number of benzene rings is 1. The molecular weight excluding hydrogens is 308 g/mol. The van der Waals surface area contributed by atoms with Gasteiger partial charge in [-0.25, -0.2) is 4.79 Å².